The van der Waals surface area contributed by atoms with Crippen LogP contribution in [-0.2, 0) is 15.8 Å². The molecule has 0 radical (unpaired) electrons. The lowest BCUT2D eigenvalue weighted by atomic mass is 10.1. The van der Waals surface area contributed by atoms with E-state index in [9.17, 15) is 22.8 Å². The van der Waals surface area contributed by atoms with Gasteiger partial charge in [-0.25, -0.2) is 0 Å². The van der Waals surface area contributed by atoms with E-state index in [-0.39, 0.29) is 24.7 Å². The molecule has 2 aromatic carbocycles. The van der Waals surface area contributed by atoms with E-state index in [4.69, 9.17) is 0 Å². The predicted molar refractivity (Wildman–Crippen MR) is 102 cm³/mol. The third-order valence-corrected chi connectivity index (χ3v) is 4.05. The van der Waals surface area contributed by atoms with Crippen LogP contribution in [0.25, 0.3) is 0 Å². The summed E-state index contributed by atoms with van der Waals surface area (Å²) in [6.45, 7) is 3.59. The monoisotopic (exact) mass is 393 g/mol. The van der Waals surface area contributed by atoms with Gasteiger partial charge < -0.3 is 10.6 Å². The Labute approximate surface area is 161 Å². The number of carbonyl (C=O) groups excluding carboxylic acids is 2. The Morgan fingerprint density at radius 1 is 0.929 bits per heavy atom. The first kappa shape index (κ1) is 21.4. The summed E-state index contributed by atoms with van der Waals surface area (Å²) in [6, 6.07) is 10.1. The smallest absolute Gasteiger partial charge is 0.325 e. The van der Waals surface area contributed by atoms with Crippen molar-refractivity contribution in [2.75, 3.05) is 30.8 Å². The second kappa shape index (κ2) is 8.88. The van der Waals surface area contributed by atoms with E-state index in [1.807, 2.05) is 32.0 Å². The molecule has 0 spiro atoms. The number of alkyl halides is 3. The molecule has 0 aliphatic rings. The first-order valence-electron chi connectivity index (χ1n) is 8.58. The van der Waals surface area contributed by atoms with Gasteiger partial charge in [-0.15, -0.1) is 0 Å². The number of hydrogen-bond donors (Lipinski definition) is 2. The van der Waals surface area contributed by atoms with Crippen LogP contribution in [0.2, 0.25) is 0 Å². The van der Waals surface area contributed by atoms with Gasteiger partial charge in [-0.05, 0) is 50.2 Å². The van der Waals surface area contributed by atoms with E-state index in [1.165, 1.54) is 17.0 Å². The SMILES string of the molecule is Cc1cccc(C)c1NC(=O)CN(C)CC(=O)Nc1cccc(C(F)(F)F)c1. The summed E-state index contributed by atoms with van der Waals surface area (Å²) < 4.78 is 38.2. The zero-order valence-corrected chi connectivity index (χ0v) is 15.9. The van der Waals surface area contributed by atoms with Gasteiger partial charge in [0, 0.05) is 11.4 Å². The number of nitrogens with zero attached hydrogens (tertiary/aromatic N) is 1. The summed E-state index contributed by atoms with van der Waals surface area (Å²) in [5.41, 5.74) is 1.80. The minimum Gasteiger partial charge on any atom is -0.325 e. The number of para-hydroxylation sites is 1. The fraction of sp³-hybridized carbons (Fsp3) is 0.300. The number of halogens is 3. The topological polar surface area (TPSA) is 61.4 Å². The fourth-order valence-electron chi connectivity index (χ4n) is 2.71. The number of hydrogen-bond acceptors (Lipinski definition) is 3. The van der Waals surface area contributed by atoms with Gasteiger partial charge in [-0.2, -0.15) is 13.2 Å². The van der Waals surface area contributed by atoms with E-state index < -0.39 is 17.6 Å². The van der Waals surface area contributed by atoms with Gasteiger partial charge in [0.1, 0.15) is 0 Å². The van der Waals surface area contributed by atoms with E-state index in [2.05, 4.69) is 10.6 Å². The predicted octanol–water partition coefficient (Wildman–Crippen LogP) is 3.83. The Hall–Kier alpha value is -2.87. The summed E-state index contributed by atoms with van der Waals surface area (Å²) in [4.78, 5) is 25.8. The van der Waals surface area contributed by atoms with Gasteiger partial charge in [0.25, 0.3) is 0 Å². The van der Waals surface area contributed by atoms with Crippen LogP contribution in [0.4, 0.5) is 24.5 Å². The van der Waals surface area contributed by atoms with Gasteiger partial charge in [0.15, 0.2) is 0 Å². The molecule has 5 nitrogen and oxygen atoms in total. The molecular formula is C20H22F3N3O2. The zero-order chi connectivity index (χ0) is 20.9. The first-order valence-corrected chi connectivity index (χ1v) is 8.58. The third kappa shape index (κ3) is 6.09. The van der Waals surface area contributed by atoms with Crippen LogP contribution in [0.15, 0.2) is 42.5 Å². The lowest BCUT2D eigenvalue weighted by molar-refractivity contribution is -0.137. The molecule has 0 unspecified atom stereocenters. The van der Waals surface area contributed by atoms with E-state index in [0.717, 1.165) is 28.9 Å². The lowest BCUT2D eigenvalue weighted by Crippen LogP contribution is -2.36. The van der Waals surface area contributed by atoms with Crippen molar-refractivity contribution in [3.63, 3.8) is 0 Å². The number of carbonyl (C=O) groups is 2. The summed E-state index contributed by atoms with van der Waals surface area (Å²) in [5.74, 6) is -0.798. The molecule has 2 rings (SSSR count). The van der Waals surface area contributed by atoms with Crippen molar-refractivity contribution >= 4 is 23.2 Å². The molecule has 28 heavy (non-hydrogen) atoms. The standard InChI is InChI=1S/C20H22F3N3O2/c1-13-6-4-7-14(2)19(13)25-18(28)12-26(3)11-17(27)24-16-9-5-8-15(10-16)20(21,22)23/h4-10H,11-12H2,1-3H3,(H,24,27)(H,25,28). The summed E-state index contributed by atoms with van der Waals surface area (Å²) in [5, 5.41) is 5.23. The highest BCUT2D eigenvalue weighted by molar-refractivity contribution is 5.95. The van der Waals surface area contributed by atoms with Crippen LogP contribution in [-0.4, -0.2) is 36.9 Å². The second-order valence-corrected chi connectivity index (χ2v) is 6.61. The second-order valence-electron chi connectivity index (χ2n) is 6.61. The van der Waals surface area contributed by atoms with Gasteiger partial charge in [-0.3, -0.25) is 14.5 Å². The number of rotatable bonds is 6. The minimum atomic E-state index is -4.48. The molecule has 0 aliphatic carbocycles. The average Bonchev–Trinajstić information content (AvgIpc) is 2.57. The number of aryl methyl sites for hydroxylation is 2. The molecule has 0 heterocycles. The fourth-order valence-corrected chi connectivity index (χ4v) is 2.71. The van der Waals surface area contributed by atoms with Crippen LogP contribution in [0.3, 0.4) is 0 Å². The Kier molecular flexibility index (Phi) is 6.80. The van der Waals surface area contributed by atoms with Gasteiger partial charge in [-0.1, -0.05) is 24.3 Å². The Balaban J connectivity index is 1.90. The Bertz CT molecular complexity index is 846. The van der Waals surface area contributed by atoms with Gasteiger partial charge in [0.05, 0.1) is 18.7 Å². The quantitative estimate of drug-likeness (QED) is 0.784. The Morgan fingerprint density at radius 3 is 2.04 bits per heavy atom. The maximum Gasteiger partial charge on any atom is 0.416 e. The molecule has 150 valence electrons. The maximum atomic E-state index is 12.7. The van der Waals surface area contributed by atoms with E-state index >= 15 is 0 Å². The van der Waals surface area contributed by atoms with Crippen molar-refractivity contribution in [1.82, 2.24) is 4.90 Å². The highest BCUT2D eigenvalue weighted by Gasteiger charge is 2.30. The third-order valence-electron chi connectivity index (χ3n) is 4.05. The van der Waals surface area contributed by atoms with Crippen molar-refractivity contribution in [3.05, 3.63) is 59.2 Å². The molecular weight excluding hydrogens is 371 g/mol. The summed E-state index contributed by atoms with van der Waals surface area (Å²) in [7, 11) is 1.58. The molecule has 0 aliphatic heterocycles. The summed E-state index contributed by atoms with van der Waals surface area (Å²) >= 11 is 0. The molecule has 0 atom stereocenters. The van der Waals surface area contributed by atoms with Crippen LogP contribution < -0.4 is 10.6 Å². The molecule has 2 aromatic rings. The van der Waals surface area contributed by atoms with Crippen LogP contribution in [0, 0.1) is 13.8 Å². The lowest BCUT2D eigenvalue weighted by Gasteiger charge is -2.17. The normalized spacial score (nSPS) is 11.4. The van der Waals surface area contributed by atoms with Crippen molar-refractivity contribution in [2.45, 2.75) is 20.0 Å². The highest BCUT2D eigenvalue weighted by Crippen LogP contribution is 2.30. The van der Waals surface area contributed by atoms with Gasteiger partial charge >= 0.3 is 6.18 Å². The molecule has 0 bridgehead atoms. The largest absolute Gasteiger partial charge is 0.416 e. The van der Waals surface area contributed by atoms with Gasteiger partial charge in [0.2, 0.25) is 11.8 Å². The molecule has 0 saturated heterocycles. The van der Waals surface area contributed by atoms with Crippen LogP contribution in [0.5, 0.6) is 0 Å². The van der Waals surface area contributed by atoms with E-state index in [0.29, 0.717) is 0 Å². The van der Waals surface area contributed by atoms with Crippen molar-refractivity contribution < 1.29 is 22.8 Å². The first-order chi connectivity index (χ1) is 13.1. The number of benzene rings is 2. The van der Waals surface area contributed by atoms with E-state index in [1.54, 1.807) is 7.05 Å². The minimum absolute atomic E-state index is 0.0379. The maximum absolute atomic E-state index is 12.7. The molecule has 8 heteroatoms. The van der Waals surface area contributed by atoms with Crippen molar-refractivity contribution in [1.29, 1.82) is 0 Å². The van der Waals surface area contributed by atoms with Crippen LogP contribution >= 0.6 is 0 Å². The number of nitrogens with one attached hydrogen (secondary N) is 2. The molecule has 2 N–H and O–H groups in total. The number of anilines is 2. The average molecular weight is 393 g/mol. The highest BCUT2D eigenvalue weighted by atomic mass is 19.4. The molecule has 0 aromatic heterocycles. The van der Waals surface area contributed by atoms with Crippen molar-refractivity contribution in [3.8, 4) is 0 Å². The number of likely N-dealkylation sites (N-methyl/N-ethyl adjacent to an activating group) is 1. The number of amides is 2. The van der Waals surface area contributed by atoms with Crippen LogP contribution in [0.1, 0.15) is 16.7 Å². The molecule has 2 amide bonds. The Morgan fingerprint density at radius 2 is 1.46 bits per heavy atom. The molecule has 0 fully saturated rings. The molecule has 0 saturated carbocycles. The zero-order valence-electron chi connectivity index (χ0n) is 15.9. The summed E-state index contributed by atoms with van der Waals surface area (Å²) in [6.07, 6.45) is -4.48. The van der Waals surface area contributed by atoms with Crippen molar-refractivity contribution in [2.24, 2.45) is 0 Å².